The van der Waals surface area contributed by atoms with Gasteiger partial charge in [0.2, 0.25) is 0 Å². The molecule has 1 aliphatic heterocycles. The Bertz CT molecular complexity index is 589. The summed E-state index contributed by atoms with van der Waals surface area (Å²) in [6.45, 7) is 5.66. The Hall–Kier alpha value is -1.14. The van der Waals surface area contributed by atoms with Crippen LogP contribution in [0.15, 0.2) is 18.2 Å². The highest BCUT2D eigenvalue weighted by Gasteiger charge is 2.29. The van der Waals surface area contributed by atoms with Gasteiger partial charge >= 0.3 is 0 Å². The van der Waals surface area contributed by atoms with Crippen molar-refractivity contribution in [1.82, 2.24) is 5.32 Å². The summed E-state index contributed by atoms with van der Waals surface area (Å²) >= 11 is 0. The standard InChI is InChI=1S/C15H23FN2O2S/c1-3-7-17-10-13-14(16)5-4-6-15(13)18-8-9-21(19,20)11-12(18)2/h4-6,12,17H,3,7-11H2,1-2H3. The zero-order chi connectivity index (χ0) is 15.5. The first-order valence-corrected chi connectivity index (χ1v) is 9.22. The fraction of sp³-hybridized carbons (Fsp3) is 0.600. The first-order chi connectivity index (χ1) is 9.94. The quantitative estimate of drug-likeness (QED) is 0.844. The summed E-state index contributed by atoms with van der Waals surface area (Å²) in [7, 11) is -2.97. The largest absolute Gasteiger partial charge is 0.366 e. The van der Waals surface area contributed by atoms with Crippen LogP contribution in [-0.4, -0.2) is 39.1 Å². The Morgan fingerprint density at radius 2 is 2.19 bits per heavy atom. The molecule has 1 atom stereocenters. The van der Waals surface area contributed by atoms with Crippen molar-refractivity contribution in [3.8, 4) is 0 Å². The number of sulfone groups is 1. The molecular formula is C15H23FN2O2S. The van der Waals surface area contributed by atoms with Crippen LogP contribution >= 0.6 is 0 Å². The van der Waals surface area contributed by atoms with Gasteiger partial charge in [0.25, 0.3) is 0 Å². The smallest absolute Gasteiger partial charge is 0.154 e. The Labute approximate surface area is 126 Å². The Morgan fingerprint density at radius 1 is 1.43 bits per heavy atom. The normalized spacial score (nSPS) is 21.5. The molecule has 0 saturated carbocycles. The van der Waals surface area contributed by atoms with E-state index in [1.54, 1.807) is 6.07 Å². The summed E-state index contributed by atoms with van der Waals surface area (Å²) in [5, 5.41) is 3.22. The lowest BCUT2D eigenvalue weighted by Crippen LogP contribution is -2.47. The minimum atomic E-state index is -2.97. The van der Waals surface area contributed by atoms with Gasteiger partial charge in [0, 0.05) is 30.4 Å². The summed E-state index contributed by atoms with van der Waals surface area (Å²) in [4.78, 5) is 2.01. The topological polar surface area (TPSA) is 49.4 Å². The Morgan fingerprint density at radius 3 is 2.86 bits per heavy atom. The number of nitrogens with zero attached hydrogens (tertiary/aromatic N) is 1. The third-order valence-electron chi connectivity index (χ3n) is 3.80. The molecule has 1 aromatic carbocycles. The fourth-order valence-electron chi connectivity index (χ4n) is 2.74. The second-order valence-corrected chi connectivity index (χ2v) is 7.80. The number of anilines is 1. The molecule has 6 heteroatoms. The number of hydrogen-bond donors (Lipinski definition) is 1. The van der Waals surface area contributed by atoms with E-state index in [2.05, 4.69) is 12.2 Å². The van der Waals surface area contributed by atoms with Gasteiger partial charge in [0.1, 0.15) is 5.82 Å². The van der Waals surface area contributed by atoms with E-state index in [9.17, 15) is 12.8 Å². The van der Waals surface area contributed by atoms with E-state index >= 15 is 0 Å². The summed E-state index contributed by atoms with van der Waals surface area (Å²) < 4.78 is 37.5. The SMILES string of the molecule is CCCNCc1c(F)cccc1N1CCS(=O)(=O)CC1C. The first kappa shape index (κ1) is 16.2. The lowest BCUT2D eigenvalue weighted by molar-refractivity contribution is 0.561. The monoisotopic (exact) mass is 314 g/mol. The average molecular weight is 314 g/mol. The molecule has 1 aromatic rings. The molecule has 1 N–H and O–H groups in total. The van der Waals surface area contributed by atoms with Crippen LogP contribution in [0.5, 0.6) is 0 Å². The highest BCUT2D eigenvalue weighted by Crippen LogP contribution is 2.27. The number of hydrogen-bond acceptors (Lipinski definition) is 4. The van der Waals surface area contributed by atoms with E-state index in [1.165, 1.54) is 6.07 Å². The van der Waals surface area contributed by atoms with Crippen molar-refractivity contribution in [3.63, 3.8) is 0 Å². The summed E-state index contributed by atoms with van der Waals surface area (Å²) in [6, 6.07) is 4.89. The van der Waals surface area contributed by atoms with Crippen LogP contribution in [0, 0.1) is 5.82 Å². The molecule has 1 aliphatic rings. The Kier molecular flexibility index (Phi) is 5.22. The fourth-order valence-corrected chi connectivity index (χ4v) is 4.29. The van der Waals surface area contributed by atoms with Gasteiger partial charge in [-0.2, -0.15) is 0 Å². The molecule has 1 heterocycles. The molecule has 4 nitrogen and oxygen atoms in total. The van der Waals surface area contributed by atoms with Gasteiger partial charge in [-0.1, -0.05) is 13.0 Å². The van der Waals surface area contributed by atoms with Crippen LogP contribution in [0.1, 0.15) is 25.8 Å². The second kappa shape index (κ2) is 6.75. The van der Waals surface area contributed by atoms with E-state index in [0.717, 1.165) is 18.7 Å². The van der Waals surface area contributed by atoms with Crippen molar-refractivity contribution in [2.24, 2.45) is 0 Å². The maximum Gasteiger partial charge on any atom is 0.154 e. The van der Waals surface area contributed by atoms with E-state index in [4.69, 9.17) is 0 Å². The van der Waals surface area contributed by atoms with Crippen molar-refractivity contribution in [2.45, 2.75) is 32.9 Å². The lowest BCUT2D eigenvalue weighted by Gasteiger charge is -2.36. The third kappa shape index (κ3) is 3.95. The number of halogens is 1. The molecule has 2 rings (SSSR count). The third-order valence-corrected chi connectivity index (χ3v) is 5.60. The molecule has 0 bridgehead atoms. The minimum Gasteiger partial charge on any atom is -0.366 e. The molecule has 1 unspecified atom stereocenters. The van der Waals surface area contributed by atoms with Gasteiger partial charge in [-0.3, -0.25) is 0 Å². The van der Waals surface area contributed by atoms with Crippen molar-refractivity contribution >= 4 is 15.5 Å². The molecule has 0 spiro atoms. The van der Waals surface area contributed by atoms with Gasteiger partial charge in [0.15, 0.2) is 9.84 Å². The maximum absolute atomic E-state index is 14.1. The van der Waals surface area contributed by atoms with Crippen LogP contribution in [0.4, 0.5) is 10.1 Å². The summed E-state index contributed by atoms with van der Waals surface area (Å²) in [6.07, 6.45) is 0.988. The average Bonchev–Trinajstić information content (AvgIpc) is 2.40. The van der Waals surface area contributed by atoms with Crippen LogP contribution in [-0.2, 0) is 16.4 Å². The highest BCUT2D eigenvalue weighted by atomic mass is 32.2. The van der Waals surface area contributed by atoms with Crippen LogP contribution in [0.3, 0.4) is 0 Å². The Balaban J connectivity index is 2.24. The number of rotatable bonds is 5. The lowest BCUT2D eigenvalue weighted by atomic mass is 10.1. The van der Waals surface area contributed by atoms with Gasteiger partial charge in [0.05, 0.1) is 11.5 Å². The van der Waals surface area contributed by atoms with E-state index in [0.29, 0.717) is 18.7 Å². The zero-order valence-electron chi connectivity index (χ0n) is 12.6. The van der Waals surface area contributed by atoms with Crippen LogP contribution in [0.2, 0.25) is 0 Å². The highest BCUT2D eigenvalue weighted by molar-refractivity contribution is 7.91. The molecular weight excluding hydrogens is 291 g/mol. The predicted octanol–water partition coefficient (Wildman–Crippen LogP) is 1.95. The zero-order valence-corrected chi connectivity index (χ0v) is 13.4. The van der Waals surface area contributed by atoms with Crippen LogP contribution in [0.25, 0.3) is 0 Å². The second-order valence-electron chi connectivity index (χ2n) is 5.57. The van der Waals surface area contributed by atoms with Gasteiger partial charge in [-0.25, -0.2) is 12.8 Å². The summed E-state index contributed by atoms with van der Waals surface area (Å²) in [5.74, 6) is 0.0258. The molecule has 0 aromatic heterocycles. The van der Waals surface area contributed by atoms with Gasteiger partial charge in [-0.05, 0) is 32.0 Å². The molecule has 0 radical (unpaired) electrons. The molecule has 1 fully saturated rings. The maximum atomic E-state index is 14.1. The van der Waals surface area contributed by atoms with Crippen molar-refractivity contribution in [2.75, 3.05) is 29.5 Å². The van der Waals surface area contributed by atoms with E-state index in [1.807, 2.05) is 17.9 Å². The van der Waals surface area contributed by atoms with Crippen molar-refractivity contribution < 1.29 is 12.8 Å². The molecule has 1 saturated heterocycles. The predicted molar refractivity (Wildman–Crippen MR) is 83.9 cm³/mol. The molecule has 0 amide bonds. The van der Waals surface area contributed by atoms with Crippen molar-refractivity contribution in [1.29, 1.82) is 0 Å². The van der Waals surface area contributed by atoms with E-state index < -0.39 is 9.84 Å². The number of benzene rings is 1. The van der Waals surface area contributed by atoms with Gasteiger partial charge < -0.3 is 10.2 Å². The summed E-state index contributed by atoms with van der Waals surface area (Å²) in [5.41, 5.74) is 1.43. The molecule has 0 aliphatic carbocycles. The van der Waals surface area contributed by atoms with Gasteiger partial charge in [-0.15, -0.1) is 0 Å². The van der Waals surface area contributed by atoms with Crippen LogP contribution < -0.4 is 10.2 Å². The molecule has 118 valence electrons. The minimum absolute atomic E-state index is 0.129. The number of nitrogens with one attached hydrogen (secondary N) is 1. The van der Waals surface area contributed by atoms with Crippen molar-refractivity contribution in [3.05, 3.63) is 29.6 Å². The first-order valence-electron chi connectivity index (χ1n) is 7.40. The van der Waals surface area contributed by atoms with E-state index in [-0.39, 0.29) is 23.4 Å². The molecule has 21 heavy (non-hydrogen) atoms.